The van der Waals surface area contributed by atoms with Gasteiger partial charge in [0.15, 0.2) is 0 Å². The van der Waals surface area contributed by atoms with Gasteiger partial charge in [-0.05, 0) is 30.2 Å². The second-order valence-corrected chi connectivity index (χ2v) is 6.59. The average molecular weight is 348 g/mol. The third-order valence-corrected chi connectivity index (χ3v) is 4.70. The number of rotatable bonds is 3. The number of hydrogen-bond donors (Lipinski definition) is 1. The third-order valence-electron chi connectivity index (χ3n) is 4.70. The fraction of sp³-hybridized carbons (Fsp3) is 0.250. The first-order valence-corrected chi connectivity index (χ1v) is 8.70. The number of carbonyl (C=O) groups is 2. The molecule has 1 aliphatic heterocycles. The minimum Gasteiger partial charge on any atom is -0.353 e. The lowest BCUT2D eigenvalue weighted by Gasteiger charge is -2.34. The molecule has 6 nitrogen and oxygen atoms in total. The van der Waals surface area contributed by atoms with Crippen LogP contribution in [0.25, 0.3) is 5.65 Å². The van der Waals surface area contributed by atoms with E-state index in [4.69, 9.17) is 0 Å². The van der Waals surface area contributed by atoms with Gasteiger partial charge < -0.3 is 14.6 Å². The molecule has 6 heteroatoms. The van der Waals surface area contributed by atoms with Crippen LogP contribution in [0.1, 0.15) is 21.6 Å². The van der Waals surface area contributed by atoms with Crippen LogP contribution in [0.5, 0.6) is 0 Å². The quantitative estimate of drug-likeness (QED) is 0.785. The third kappa shape index (κ3) is 3.06. The number of aryl methyl sites for hydroxylation is 1. The van der Waals surface area contributed by atoms with Crippen LogP contribution < -0.4 is 5.32 Å². The lowest BCUT2D eigenvalue weighted by atomic mass is 10.0. The fourth-order valence-corrected chi connectivity index (χ4v) is 3.33. The van der Waals surface area contributed by atoms with E-state index in [0.29, 0.717) is 25.2 Å². The Hall–Kier alpha value is -3.15. The maximum Gasteiger partial charge on any atom is 0.274 e. The summed E-state index contributed by atoms with van der Waals surface area (Å²) in [5.74, 6) is -0.324. The first-order chi connectivity index (χ1) is 12.6. The summed E-state index contributed by atoms with van der Waals surface area (Å²) in [7, 11) is 0. The fourth-order valence-electron chi connectivity index (χ4n) is 3.33. The number of benzene rings is 1. The van der Waals surface area contributed by atoms with Crippen molar-refractivity contribution in [2.24, 2.45) is 0 Å². The molecule has 132 valence electrons. The van der Waals surface area contributed by atoms with Crippen LogP contribution in [0.15, 0.2) is 54.9 Å². The molecule has 0 saturated carbocycles. The molecule has 1 fully saturated rings. The van der Waals surface area contributed by atoms with E-state index in [1.165, 1.54) is 0 Å². The van der Waals surface area contributed by atoms with E-state index in [1.807, 2.05) is 60.0 Å². The van der Waals surface area contributed by atoms with Crippen molar-refractivity contribution in [3.05, 3.63) is 71.7 Å². The minimum absolute atomic E-state index is 0.118. The second-order valence-electron chi connectivity index (χ2n) is 6.59. The molecule has 0 radical (unpaired) electrons. The molecular weight excluding hydrogens is 328 g/mol. The van der Waals surface area contributed by atoms with Crippen LogP contribution in [0.4, 0.5) is 0 Å². The average Bonchev–Trinajstić information content (AvgIpc) is 3.07. The van der Waals surface area contributed by atoms with E-state index in [-0.39, 0.29) is 11.8 Å². The molecule has 3 aromatic rings. The van der Waals surface area contributed by atoms with Gasteiger partial charge in [-0.15, -0.1) is 0 Å². The molecule has 1 atom stereocenters. The molecule has 4 rings (SSSR count). The highest BCUT2D eigenvalue weighted by molar-refractivity contribution is 5.97. The monoisotopic (exact) mass is 348 g/mol. The topological polar surface area (TPSA) is 66.7 Å². The van der Waals surface area contributed by atoms with E-state index < -0.39 is 6.04 Å². The SMILES string of the molecule is Cc1ccn2cc(C(=O)N3CCNC(=O)[C@@H]3Cc3ccccc3)nc2c1. The molecule has 1 saturated heterocycles. The van der Waals surface area contributed by atoms with Gasteiger partial charge in [-0.2, -0.15) is 0 Å². The molecule has 0 bridgehead atoms. The van der Waals surface area contributed by atoms with Crippen LogP contribution in [0.3, 0.4) is 0 Å². The maximum absolute atomic E-state index is 13.1. The number of nitrogens with one attached hydrogen (secondary N) is 1. The molecule has 3 heterocycles. The number of fused-ring (bicyclic) bond motifs is 1. The summed E-state index contributed by atoms with van der Waals surface area (Å²) < 4.78 is 1.83. The lowest BCUT2D eigenvalue weighted by Crippen LogP contribution is -2.58. The zero-order valence-corrected chi connectivity index (χ0v) is 14.6. The summed E-state index contributed by atoms with van der Waals surface area (Å²) >= 11 is 0. The van der Waals surface area contributed by atoms with Crippen molar-refractivity contribution in [2.45, 2.75) is 19.4 Å². The molecule has 0 spiro atoms. The van der Waals surface area contributed by atoms with Gasteiger partial charge in [0, 0.05) is 31.9 Å². The zero-order chi connectivity index (χ0) is 18.1. The van der Waals surface area contributed by atoms with Gasteiger partial charge in [0.25, 0.3) is 5.91 Å². The molecule has 0 aliphatic carbocycles. The number of amides is 2. The highest BCUT2D eigenvalue weighted by Gasteiger charge is 2.34. The Balaban J connectivity index is 1.63. The predicted molar refractivity (Wildman–Crippen MR) is 97.9 cm³/mol. The van der Waals surface area contributed by atoms with Gasteiger partial charge in [0.05, 0.1) is 0 Å². The van der Waals surface area contributed by atoms with Gasteiger partial charge in [0.1, 0.15) is 17.4 Å². The summed E-state index contributed by atoms with van der Waals surface area (Å²) in [6.45, 7) is 2.93. The summed E-state index contributed by atoms with van der Waals surface area (Å²) in [4.78, 5) is 31.6. The molecule has 1 aliphatic rings. The molecule has 0 unspecified atom stereocenters. The maximum atomic E-state index is 13.1. The highest BCUT2D eigenvalue weighted by atomic mass is 16.2. The van der Waals surface area contributed by atoms with Crippen LogP contribution in [-0.2, 0) is 11.2 Å². The van der Waals surface area contributed by atoms with Gasteiger partial charge in [-0.3, -0.25) is 9.59 Å². The molecule has 2 aromatic heterocycles. The molecule has 1 N–H and O–H groups in total. The lowest BCUT2D eigenvalue weighted by molar-refractivity contribution is -0.127. The van der Waals surface area contributed by atoms with E-state index in [9.17, 15) is 9.59 Å². The molecule has 26 heavy (non-hydrogen) atoms. The minimum atomic E-state index is -0.523. The predicted octanol–water partition coefficient (Wildman–Crippen LogP) is 1.83. The Morgan fingerprint density at radius 1 is 1.27 bits per heavy atom. The standard InChI is InChI=1S/C20H20N4O2/c1-14-7-9-23-13-16(22-18(23)11-14)20(26)24-10-8-21-19(25)17(24)12-15-5-3-2-4-6-15/h2-7,9,11,13,17H,8,10,12H2,1H3,(H,21,25)/t17-/m0/s1. The van der Waals surface area contributed by atoms with Crippen molar-refractivity contribution in [3.63, 3.8) is 0 Å². The van der Waals surface area contributed by atoms with Crippen molar-refractivity contribution in [1.29, 1.82) is 0 Å². The van der Waals surface area contributed by atoms with Crippen LogP contribution in [0, 0.1) is 6.92 Å². The molecule has 2 amide bonds. The Bertz CT molecular complexity index is 964. The Morgan fingerprint density at radius 3 is 2.88 bits per heavy atom. The summed E-state index contributed by atoms with van der Waals surface area (Å²) in [5, 5.41) is 2.86. The number of pyridine rings is 1. The van der Waals surface area contributed by atoms with Crippen molar-refractivity contribution in [2.75, 3.05) is 13.1 Å². The van der Waals surface area contributed by atoms with Crippen molar-refractivity contribution >= 4 is 17.5 Å². The van der Waals surface area contributed by atoms with Gasteiger partial charge in [-0.25, -0.2) is 4.98 Å². The number of carbonyl (C=O) groups excluding carboxylic acids is 2. The highest BCUT2D eigenvalue weighted by Crippen LogP contribution is 2.16. The Kier molecular flexibility index (Phi) is 4.16. The van der Waals surface area contributed by atoms with Crippen molar-refractivity contribution < 1.29 is 9.59 Å². The van der Waals surface area contributed by atoms with E-state index in [2.05, 4.69) is 10.3 Å². The normalized spacial score (nSPS) is 17.3. The van der Waals surface area contributed by atoms with Crippen LogP contribution in [0.2, 0.25) is 0 Å². The molecular formula is C20H20N4O2. The van der Waals surface area contributed by atoms with Gasteiger partial charge in [-0.1, -0.05) is 30.3 Å². The number of imidazole rings is 1. The van der Waals surface area contributed by atoms with Gasteiger partial charge >= 0.3 is 0 Å². The number of piperazine rings is 1. The van der Waals surface area contributed by atoms with E-state index >= 15 is 0 Å². The second kappa shape index (κ2) is 6.63. The first kappa shape index (κ1) is 16.3. The number of aromatic nitrogens is 2. The number of hydrogen-bond acceptors (Lipinski definition) is 3. The Morgan fingerprint density at radius 2 is 2.08 bits per heavy atom. The summed E-state index contributed by atoms with van der Waals surface area (Å²) in [6.07, 6.45) is 4.10. The zero-order valence-electron chi connectivity index (χ0n) is 14.6. The van der Waals surface area contributed by atoms with Crippen molar-refractivity contribution in [1.82, 2.24) is 19.6 Å². The first-order valence-electron chi connectivity index (χ1n) is 8.70. The smallest absolute Gasteiger partial charge is 0.274 e. The summed E-state index contributed by atoms with van der Waals surface area (Å²) in [5.41, 5.74) is 3.21. The number of nitrogens with zero attached hydrogens (tertiary/aromatic N) is 3. The summed E-state index contributed by atoms with van der Waals surface area (Å²) in [6, 6.07) is 13.1. The van der Waals surface area contributed by atoms with Crippen LogP contribution in [-0.4, -0.2) is 45.2 Å². The van der Waals surface area contributed by atoms with Crippen LogP contribution >= 0.6 is 0 Å². The van der Waals surface area contributed by atoms with E-state index in [0.717, 1.165) is 16.8 Å². The van der Waals surface area contributed by atoms with Crippen molar-refractivity contribution in [3.8, 4) is 0 Å². The largest absolute Gasteiger partial charge is 0.353 e. The molecule has 1 aromatic carbocycles. The Labute approximate surface area is 151 Å². The van der Waals surface area contributed by atoms with Gasteiger partial charge in [0.2, 0.25) is 5.91 Å². The van der Waals surface area contributed by atoms with E-state index in [1.54, 1.807) is 11.1 Å².